The Morgan fingerprint density at radius 2 is 1.73 bits per heavy atom. The van der Waals surface area contributed by atoms with Gasteiger partial charge in [0.25, 0.3) is 0 Å². The normalized spacial score (nSPS) is 13.8. The van der Waals surface area contributed by atoms with Crippen molar-refractivity contribution in [1.82, 2.24) is 38.9 Å². The lowest BCUT2D eigenvalue weighted by atomic mass is 10.2. The van der Waals surface area contributed by atoms with Gasteiger partial charge in [-0.25, -0.2) is 13.8 Å². The van der Waals surface area contributed by atoms with Crippen LogP contribution in [0.15, 0.2) is 55.0 Å². The molecule has 2 aromatic carbocycles. The molecular formula is C35H42F2N10O3Si. The van der Waals surface area contributed by atoms with Gasteiger partial charge in [-0.15, -0.1) is 0 Å². The maximum Gasteiger partial charge on any atom is 0.232 e. The number of hydrogen-bond donors (Lipinski definition) is 0. The van der Waals surface area contributed by atoms with Crippen LogP contribution in [0.3, 0.4) is 0 Å². The minimum Gasteiger partial charge on any atom is -0.497 e. The molecule has 0 amide bonds. The van der Waals surface area contributed by atoms with Gasteiger partial charge in [0.05, 0.1) is 44.8 Å². The standard InChI is InChI=1S/C35H42F2N10O3Si/c1-43-21-25(18-38-43)27-19-39-47-33(27)41-34(44-12-14-49-15-13-44)42-35(47)45(20-24-6-8-26(48-2)9-7-24)22-30-40-32-29(11-10-28(36)31(32)37)46(30)23-50-16-17-51(3,4)5/h6-11,18-19,21H,12-17,20,22-23H2,1-5H3. The lowest BCUT2D eigenvalue weighted by Gasteiger charge is -2.29. The molecule has 0 spiro atoms. The number of benzene rings is 2. The van der Waals surface area contributed by atoms with Crippen LogP contribution in [0.2, 0.25) is 25.7 Å². The Balaban J connectivity index is 1.37. The molecule has 0 N–H and O–H groups in total. The molecule has 268 valence electrons. The highest BCUT2D eigenvalue weighted by atomic mass is 28.3. The fourth-order valence-electron chi connectivity index (χ4n) is 6.03. The van der Waals surface area contributed by atoms with E-state index in [9.17, 15) is 4.39 Å². The Kier molecular flexibility index (Phi) is 9.72. The molecule has 1 saturated heterocycles. The molecule has 0 bridgehead atoms. The summed E-state index contributed by atoms with van der Waals surface area (Å²) in [5, 5.41) is 9.16. The molecule has 4 aromatic heterocycles. The minimum atomic E-state index is -1.37. The van der Waals surface area contributed by atoms with E-state index in [1.807, 2.05) is 47.0 Å². The van der Waals surface area contributed by atoms with E-state index in [0.717, 1.165) is 34.6 Å². The van der Waals surface area contributed by atoms with E-state index < -0.39 is 19.7 Å². The van der Waals surface area contributed by atoms with Gasteiger partial charge < -0.3 is 28.6 Å². The van der Waals surface area contributed by atoms with Crippen LogP contribution >= 0.6 is 0 Å². The molecule has 7 rings (SSSR count). The van der Waals surface area contributed by atoms with Gasteiger partial charge in [-0.05, 0) is 35.9 Å². The second-order valence-corrected chi connectivity index (χ2v) is 19.5. The number of methoxy groups -OCH3 is 1. The average molecular weight is 717 g/mol. The molecule has 6 aromatic rings. The number of hydrogen-bond acceptors (Lipinski definition) is 10. The maximum absolute atomic E-state index is 15.3. The van der Waals surface area contributed by atoms with Gasteiger partial charge in [0.15, 0.2) is 17.3 Å². The van der Waals surface area contributed by atoms with Crippen molar-refractivity contribution in [3.63, 3.8) is 0 Å². The van der Waals surface area contributed by atoms with E-state index in [1.54, 1.807) is 34.8 Å². The summed E-state index contributed by atoms with van der Waals surface area (Å²) in [5.41, 5.74) is 3.61. The summed E-state index contributed by atoms with van der Waals surface area (Å²) in [4.78, 5) is 18.9. The average Bonchev–Trinajstić information content (AvgIpc) is 3.84. The Labute approximate surface area is 295 Å². The van der Waals surface area contributed by atoms with Crippen LogP contribution in [-0.2, 0) is 36.3 Å². The first-order valence-electron chi connectivity index (χ1n) is 16.9. The minimum absolute atomic E-state index is 0.0528. The topological polar surface area (TPSA) is 113 Å². The van der Waals surface area contributed by atoms with Crippen molar-refractivity contribution in [2.45, 2.75) is 45.5 Å². The Morgan fingerprint density at radius 3 is 2.43 bits per heavy atom. The third kappa shape index (κ3) is 7.43. The lowest BCUT2D eigenvalue weighted by molar-refractivity contribution is 0.0878. The third-order valence-corrected chi connectivity index (χ3v) is 10.6. The van der Waals surface area contributed by atoms with Crippen molar-refractivity contribution < 1.29 is 23.0 Å². The van der Waals surface area contributed by atoms with Crippen LogP contribution in [0.4, 0.5) is 20.7 Å². The highest BCUT2D eigenvalue weighted by molar-refractivity contribution is 6.76. The highest BCUT2D eigenvalue weighted by Crippen LogP contribution is 2.30. The van der Waals surface area contributed by atoms with Crippen molar-refractivity contribution >= 4 is 36.7 Å². The van der Waals surface area contributed by atoms with Gasteiger partial charge in [-0.2, -0.15) is 24.7 Å². The molecule has 0 unspecified atom stereocenters. The summed E-state index contributed by atoms with van der Waals surface area (Å²) in [6.45, 7) is 10.4. The summed E-state index contributed by atoms with van der Waals surface area (Å²) in [6, 6.07) is 11.4. The molecule has 0 aliphatic carbocycles. The monoisotopic (exact) mass is 716 g/mol. The summed E-state index contributed by atoms with van der Waals surface area (Å²) < 4.78 is 52.3. The van der Waals surface area contributed by atoms with Crippen molar-refractivity contribution in [3.05, 3.63) is 78.0 Å². The van der Waals surface area contributed by atoms with E-state index in [1.165, 1.54) is 0 Å². The second kappa shape index (κ2) is 14.4. The van der Waals surface area contributed by atoms with Crippen molar-refractivity contribution in [2.24, 2.45) is 7.05 Å². The molecule has 13 nitrogen and oxygen atoms in total. The van der Waals surface area contributed by atoms with E-state index in [2.05, 4.69) is 34.6 Å². The Hall–Kier alpha value is -4.93. The molecular weight excluding hydrogens is 675 g/mol. The molecule has 1 fully saturated rings. The number of aromatic nitrogens is 8. The molecule has 0 atom stereocenters. The van der Waals surface area contributed by atoms with Crippen LogP contribution in [-0.4, -0.2) is 87.0 Å². The first-order chi connectivity index (χ1) is 24.6. The fraction of sp³-hybridized carbons (Fsp3) is 0.400. The molecule has 5 heterocycles. The number of rotatable bonds is 13. The highest BCUT2D eigenvalue weighted by Gasteiger charge is 2.26. The molecule has 1 aliphatic heterocycles. The summed E-state index contributed by atoms with van der Waals surface area (Å²) in [6.07, 6.45) is 5.46. The maximum atomic E-state index is 15.3. The number of imidazole rings is 1. The van der Waals surface area contributed by atoms with E-state index in [4.69, 9.17) is 29.3 Å². The van der Waals surface area contributed by atoms with Crippen LogP contribution < -0.4 is 14.5 Å². The smallest absolute Gasteiger partial charge is 0.232 e. The van der Waals surface area contributed by atoms with Crippen LogP contribution in [0, 0.1) is 11.6 Å². The molecule has 0 saturated carbocycles. The van der Waals surface area contributed by atoms with E-state index in [-0.39, 0.29) is 18.8 Å². The SMILES string of the molecule is COc1ccc(CN(Cc2nc3c(F)c(F)ccc3n2COCC[Si](C)(C)C)c2nc(N3CCOCC3)nc3c(-c4cnn(C)c4)cnn23)cc1. The van der Waals surface area contributed by atoms with Gasteiger partial charge in [-0.1, -0.05) is 31.8 Å². The van der Waals surface area contributed by atoms with Crippen molar-refractivity contribution in [1.29, 1.82) is 0 Å². The number of halogens is 2. The number of nitrogens with zero attached hydrogens (tertiary/aromatic N) is 10. The van der Waals surface area contributed by atoms with Gasteiger partial charge in [-0.3, -0.25) is 4.68 Å². The zero-order valence-electron chi connectivity index (χ0n) is 29.5. The first-order valence-corrected chi connectivity index (χ1v) is 20.6. The Bertz CT molecular complexity index is 2140. The number of anilines is 2. The van der Waals surface area contributed by atoms with Crippen LogP contribution in [0.1, 0.15) is 11.4 Å². The molecule has 0 radical (unpaired) electrons. The van der Waals surface area contributed by atoms with E-state index >= 15 is 4.39 Å². The van der Waals surface area contributed by atoms with Gasteiger partial charge in [0.2, 0.25) is 11.9 Å². The van der Waals surface area contributed by atoms with Gasteiger partial charge in [0.1, 0.15) is 23.8 Å². The number of ether oxygens (including phenoxy) is 3. The number of fused-ring (bicyclic) bond motifs is 2. The molecule has 51 heavy (non-hydrogen) atoms. The van der Waals surface area contributed by atoms with Crippen LogP contribution in [0.25, 0.3) is 27.8 Å². The molecule has 1 aliphatic rings. The summed E-state index contributed by atoms with van der Waals surface area (Å²) in [7, 11) is 2.12. The predicted octanol–water partition coefficient (Wildman–Crippen LogP) is 5.52. The molecule has 16 heteroatoms. The van der Waals surface area contributed by atoms with Gasteiger partial charge in [0, 0.05) is 58.7 Å². The third-order valence-electron chi connectivity index (χ3n) is 8.90. The quantitative estimate of drug-likeness (QED) is 0.112. The largest absolute Gasteiger partial charge is 0.497 e. The van der Waals surface area contributed by atoms with Gasteiger partial charge >= 0.3 is 0 Å². The lowest BCUT2D eigenvalue weighted by Crippen LogP contribution is -2.38. The van der Waals surface area contributed by atoms with E-state index in [0.29, 0.717) is 68.3 Å². The van der Waals surface area contributed by atoms with Crippen molar-refractivity contribution in [3.8, 4) is 16.9 Å². The fourth-order valence-corrected chi connectivity index (χ4v) is 6.78. The first kappa shape index (κ1) is 34.5. The number of morpholine rings is 1. The van der Waals surface area contributed by atoms with Crippen LogP contribution in [0.5, 0.6) is 5.75 Å². The zero-order valence-corrected chi connectivity index (χ0v) is 30.5. The Morgan fingerprint density at radius 1 is 0.941 bits per heavy atom. The predicted molar refractivity (Wildman–Crippen MR) is 193 cm³/mol. The number of aryl methyl sites for hydroxylation is 1. The summed E-state index contributed by atoms with van der Waals surface area (Å²) >= 11 is 0. The second-order valence-electron chi connectivity index (χ2n) is 13.9. The zero-order chi connectivity index (χ0) is 35.7. The van der Waals surface area contributed by atoms with Crippen molar-refractivity contribution in [2.75, 3.05) is 49.8 Å². The summed E-state index contributed by atoms with van der Waals surface area (Å²) in [5.74, 6) is 0.284.